The maximum atomic E-state index is 13.5. The van der Waals surface area contributed by atoms with Crippen molar-refractivity contribution in [3.63, 3.8) is 0 Å². The summed E-state index contributed by atoms with van der Waals surface area (Å²) in [6, 6.07) is 4.76. The Hall–Kier alpha value is -2.33. The zero-order valence-electron chi connectivity index (χ0n) is 16.5. The lowest BCUT2D eigenvalue weighted by Crippen LogP contribution is -2.38. The summed E-state index contributed by atoms with van der Waals surface area (Å²) >= 11 is 0. The molecule has 0 spiro atoms. The van der Waals surface area contributed by atoms with E-state index in [0.717, 1.165) is 6.07 Å². The topological polar surface area (TPSA) is 96.6 Å². The average Bonchev–Trinajstić information content (AvgIpc) is 2.96. The van der Waals surface area contributed by atoms with Gasteiger partial charge in [-0.25, -0.2) is 12.8 Å². The summed E-state index contributed by atoms with van der Waals surface area (Å²) in [5.74, 6) is 0.364. The second kappa shape index (κ2) is 9.00. The third kappa shape index (κ3) is 5.18. The summed E-state index contributed by atoms with van der Waals surface area (Å²) in [6.45, 7) is 2.76. The predicted octanol–water partition coefficient (Wildman–Crippen LogP) is 2.15. The molecule has 1 aromatic heterocycles. The molecule has 1 aromatic carbocycles. The first-order valence-electron chi connectivity index (χ1n) is 9.58. The standard InChI is InChI=1S/C19H25FN4O4S/c1-14-21-18(28-22-14)8-9-19(25)24-11-4-6-16(10-12-24)23(2)29(26,27)17-7-3-5-15(20)13-17/h3,5,7,13,16H,4,6,8-12H2,1-2H3/t16-/m0/s1. The maximum Gasteiger partial charge on any atom is 0.243 e. The molecule has 0 saturated carbocycles. The summed E-state index contributed by atoms with van der Waals surface area (Å²) in [5, 5.41) is 3.71. The van der Waals surface area contributed by atoms with Crippen LogP contribution in [0.15, 0.2) is 33.7 Å². The number of nitrogens with zero attached hydrogens (tertiary/aromatic N) is 4. The van der Waals surface area contributed by atoms with Crippen LogP contribution in [0, 0.1) is 12.7 Å². The number of sulfonamides is 1. The van der Waals surface area contributed by atoms with E-state index >= 15 is 0 Å². The van der Waals surface area contributed by atoms with Crippen LogP contribution >= 0.6 is 0 Å². The Labute approximate surface area is 169 Å². The van der Waals surface area contributed by atoms with Crippen LogP contribution in [0.2, 0.25) is 0 Å². The molecule has 29 heavy (non-hydrogen) atoms. The largest absolute Gasteiger partial charge is 0.343 e. The van der Waals surface area contributed by atoms with Gasteiger partial charge < -0.3 is 9.42 Å². The van der Waals surface area contributed by atoms with Crippen LogP contribution in [-0.4, -0.2) is 59.8 Å². The van der Waals surface area contributed by atoms with E-state index in [1.54, 1.807) is 11.8 Å². The van der Waals surface area contributed by atoms with Crippen LogP contribution in [0.25, 0.3) is 0 Å². The fourth-order valence-electron chi connectivity index (χ4n) is 3.50. The van der Waals surface area contributed by atoms with Crippen molar-refractivity contribution in [3.05, 3.63) is 41.8 Å². The Morgan fingerprint density at radius 3 is 2.83 bits per heavy atom. The fraction of sp³-hybridized carbons (Fsp3) is 0.526. The minimum atomic E-state index is -3.80. The Bertz CT molecular complexity index is 963. The summed E-state index contributed by atoms with van der Waals surface area (Å²) in [7, 11) is -2.28. The van der Waals surface area contributed by atoms with Gasteiger partial charge in [-0.3, -0.25) is 4.79 Å². The van der Waals surface area contributed by atoms with Crippen molar-refractivity contribution in [2.75, 3.05) is 20.1 Å². The van der Waals surface area contributed by atoms with Crippen LogP contribution in [-0.2, 0) is 21.2 Å². The van der Waals surface area contributed by atoms with Gasteiger partial charge in [-0.2, -0.15) is 9.29 Å². The van der Waals surface area contributed by atoms with Gasteiger partial charge in [0, 0.05) is 39.0 Å². The molecule has 1 aliphatic rings. The van der Waals surface area contributed by atoms with Crippen molar-refractivity contribution < 1.29 is 22.1 Å². The first-order valence-corrected chi connectivity index (χ1v) is 11.0. The molecule has 0 aliphatic carbocycles. The van der Waals surface area contributed by atoms with Gasteiger partial charge in [-0.05, 0) is 44.4 Å². The van der Waals surface area contributed by atoms with Crippen LogP contribution in [0.1, 0.15) is 37.4 Å². The maximum absolute atomic E-state index is 13.5. The van der Waals surface area contributed by atoms with Gasteiger partial charge in [-0.15, -0.1) is 0 Å². The predicted molar refractivity (Wildman–Crippen MR) is 103 cm³/mol. The van der Waals surface area contributed by atoms with E-state index in [1.807, 2.05) is 0 Å². The first-order chi connectivity index (χ1) is 13.8. The molecule has 8 nitrogen and oxygen atoms in total. The van der Waals surface area contributed by atoms with E-state index in [9.17, 15) is 17.6 Å². The number of halogens is 1. The SMILES string of the molecule is Cc1noc(CCC(=O)N2CCC[C@H](N(C)S(=O)(=O)c3cccc(F)c3)CC2)n1. The number of rotatable bonds is 6. The number of aryl methyl sites for hydroxylation is 2. The summed E-state index contributed by atoms with van der Waals surface area (Å²) in [6.07, 6.45) is 2.50. The van der Waals surface area contributed by atoms with Crippen LogP contribution in [0.5, 0.6) is 0 Å². The Morgan fingerprint density at radius 2 is 2.14 bits per heavy atom. The van der Waals surface area contributed by atoms with Gasteiger partial charge in [0.25, 0.3) is 0 Å². The van der Waals surface area contributed by atoms with Gasteiger partial charge >= 0.3 is 0 Å². The molecule has 2 aromatic rings. The Morgan fingerprint density at radius 1 is 1.34 bits per heavy atom. The molecular formula is C19H25FN4O4S. The highest BCUT2D eigenvalue weighted by atomic mass is 32.2. The Balaban J connectivity index is 1.59. The molecule has 158 valence electrons. The molecule has 0 radical (unpaired) electrons. The van der Waals surface area contributed by atoms with Crippen molar-refractivity contribution in [1.82, 2.24) is 19.3 Å². The van der Waals surface area contributed by atoms with E-state index in [0.29, 0.717) is 50.5 Å². The van der Waals surface area contributed by atoms with Gasteiger partial charge in [-0.1, -0.05) is 11.2 Å². The number of amides is 1. The fourth-order valence-corrected chi connectivity index (χ4v) is 4.94. The Kier molecular flexibility index (Phi) is 6.63. The average molecular weight is 424 g/mol. The van der Waals surface area contributed by atoms with E-state index in [1.165, 1.54) is 29.6 Å². The molecule has 3 rings (SSSR count). The molecule has 0 N–H and O–H groups in total. The van der Waals surface area contributed by atoms with Crippen LogP contribution in [0.4, 0.5) is 4.39 Å². The van der Waals surface area contributed by atoms with Gasteiger partial charge in [0.1, 0.15) is 5.82 Å². The molecular weight excluding hydrogens is 399 g/mol. The molecule has 10 heteroatoms. The lowest BCUT2D eigenvalue weighted by molar-refractivity contribution is -0.131. The zero-order chi connectivity index (χ0) is 21.0. The van der Waals surface area contributed by atoms with Crippen molar-refractivity contribution >= 4 is 15.9 Å². The lowest BCUT2D eigenvalue weighted by Gasteiger charge is -2.26. The lowest BCUT2D eigenvalue weighted by atomic mass is 10.1. The number of carbonyl (C=O) groups excluding carboxylic acids is 1. The first kappa shape index (κ1) is 21.4. The number of carbonyl (C=O) groups is 1. The van der Waals surface area contributed by atoms with E-state index in [2.05, 4.69) is 10.1 Å². The second-order valence-corrected chi connectivity index (χ2v) is 9.18. The molecule has 0 unspecified atom stereocenters. The molecule has 1 atom stereocenters. The highest BCUT2D eigenvalue weighted by molar-refractivity contribution is 7.89. The minimum Gasteiger partial charge on any atom is -0.343 e. The van der Waals surface area contributed by atoms with Crippen molar-refractivity contribution in [2.45, 2.75) is 50.0 Å². The number of benzene rings is 1. The highest BCUT2D eigenvalue weighted by Gasteiger charge is 2.30. The van der Waals surface area contributed by atoms with E-state index < -0.39 is 15.8 Å². The summed E-state index contributed by atoms with van der Waals surface area (Å²) < 4.78 is 45.5. The van der Waals surface area contributed by atoms with E-state index in [4.69, 9.17) is 4.52 Å². The summed E-state index contributed by atoms with van der Waals surface area (Å²) in [5.41, 5.74) is 0. The molecule has 2 heterocycles. The third-order valence-corrected chi connectivity index (χ3v) is 7.07. The molecule has 1 amide bonds. The van der Waals surface area contributed by atoms with Crippen LogP contribution < -0.4 is 0 Å². The monoisotopic (exact) mass is 424 g/mol. The number of hydrogen-bond acceptors (Lipinski definition) is 6. The third-order valence-electron chi connectivity index (χ3n) is 5.16. The summed E-state index contributed by atoms with van der Waals surface area (Å²) in [4.78, 5) is 18.3. The van der Waals surface area contributed by atoms with Crippen molar-refractivity contribution in [2.24, 2.45) is 0 Å². The molecule has 1 saturated heterocycles. The second-order valence-electron chi connectivity index (χ2n) is 7.18. The van der Waals surface area contributed by atoms with Gasteiger partial charge in [0.15, 0.2) is 5.82 Å². The van der Waals surface area contributed by atoms with E-state index in [-0.39, 0.29) is 23.3 Å². The van der Waals surface area contributed by atoms with Gasteiger partial charge in [0.2, 0.25) is 21.8 Å². The zero-order valence-corrected chi connectivity index (χ0v) is 17.4. The van der Waals surface area contributed by atoms with Crippen molar-refractivity contribution in [3.8, 4) is 0 Å². The number of aromatic nitrogens is 2. The molecule has 1 aliphatic heterocycles. The molecule has 0 bridgehead atoms. The highest BCUT2D eigenvalue weighted by Crippen LogP contribution is 2.23. The minimum absolute atomic E-state index is 0.0165. The molecule has 1 fully saturated rings. The van der Waals surface area contributed by atoms with Crippen LogP contribution in [0.3, 0.4) is 0 Å². The smallest absolute Gasteiger partial charge is 0.243 e. The normalized spacial score (nSPS) is 18.1. The van der Waals surface area contributed by atoms with Gasteiger partial charge in [0.05, 0.1) is 4.90 Å². The number of likely N-dealkylation sites (tertiary alicyclic amines) is 1. The number of hydrogen-bond donors (Lipinski definition) is 0. The van der Waals surface area contributed by atoms with Crippen molar-refractivity contribution in [1.29, 1.82) is 0 Å². The quantitative estimate of drug-likeness (QED) is 0.705.